The number of halogens is 1. The van der Waals surface area contributed by atoms with Crippen LogP contribution in [-0.2, 0) is 20.2 Å². The summed E-state index contributed by atoms with van der Waals surface area (Å²) in [5.41, 5.74) is 1.26. The molecule has 0 radical (unpaired) electrons. The zero-order valence-corrected chi connectivity index (χ0v) is 11.5. The van der Waals surface area contributed by atoms with Gasteiger partial charge in [0.05, 0.1) is 12.7 Å². The maximum atomic E-state index is 13.2. The van der Waals surface area contributed by atoms with Gasteiger partial charge < -0.3 is 0 Å². The van der Waals surface area contributed by atoms with Crippen LogP contribution in [0.25, 0.3) is 0 Å². The molecule has 3 atom stereocenters. The smallest absolute Gasteiger partial charge is 0.299 e. The van der Waals surface area contributed by atoms with Gasteiger partial charge in [-0.25, -0.2) is 4.57 Å². The second-order valence-electron chi connectivity index (χ2n) is 5.14. The second-order valence-corrected chi connectivity index (χ2v) is 6.47. The zero-order valence-electron chi connectivity index (χ0n) is 10.6. The van der Waals surface area contributed by atoms with Crippen LogP contribution < -0.4 is 0 Å². The second kappa shape index (κ2) is 5.33. The predicted molar refractivity (Wildman–Crippen MR) is 69.4 cm³/mol. The Morgan fingerprint density at radius 2 is 2.16 bits per heavy atom. The van der Waals surface area contributed by atoms with Gasteiger partial charge in [0.1, 0.15) is 0 Å². The van der Waals surface area contributed by atoms with Crippen LogP contribution >= 0.6 is 7.91 Å². The summed E-state index contributed by atoms with van der Waals surface area (Å²) in [7, 11) is -4.28. The van der Waals surface area contributed by atoms with Crippen molar-refractivity contribution in [2.45, 2.75) is 19.1 Å². The van der Waals surface area contributed by atoms with Crippen LogP contribution in [0.4, 0.5) is 4.20 Å². The predicted octanol–water partition coefficient (Wildman–Crippen LogP) is 3.00. The summed E-state index contributed by atoms with van der Waals surface area (Å²) in [6, 6.07) is 10.2. The first-order valence-electron chi connectivity index (χ1n) is 6.51. The average molecular weight is 285 g/mol. The van der Waals surface area contributed by atoms with E-state index in [9.17, 15) is 8.76 Å². The van der Waals surface area contributed by atoms with Gasteiger partial charge in [-0.2, -0.15) is 0 Å². The van der Waals surface area contributed by atoms with E-state index in [1.165, 1.54) is 5.56 Å². The minimum atomic E-state index is -4.28. The normalized spacial score (nSPS) is 35.8. The molecule has 1 aromatic rings. The zero-order chi connectivity index (χ0) is 13.3. The van der Waals surface area contributed by atoms with Crippen molar-refractivity contribution in [2.75, 3.05) is 19.7 Å². The number of benzene rings is 1. The van der Waals surface area contributed by atoms with E-state index in [2.05, 4.69) is 21.6 Å². The highest BCUT2D eigenvalue weighted by atomic mass is 31.2. The largest absolute Gasteiger partial charge is 0.513 e. The van der Waals surface area contributed by atoms with Gasteiger partial charge in [-0.3, -0.25) is 13.9 Å². The van der Waals surface area contributed by atoms with E-state index in [1.54, 1.807) is 0 Å². The minimum absolute atomic E-state index is 0.107. The molecule has 104 valence electrons. The molecule has 3 rings (SSSR count). The number of hydrogen-bond acceptors (Lipinski definition) is 4. The highest BCUT2D eigenvalue weighted by Crippen LogP contribution is 2.56. The van der Waals surface area contributed by atoms with Crippen molar-refractivity contribution in [3.63, 3.8) is 0 Å². The standard InChI is InChI=1S/C13H17FNO3P/c14-19(16)17-10-12-9-15(7-6-13(12)18-19)8-11-4-2-1-3-5-11/h1-5,12-13H,6-10H2/t12-,13+,19-/m1/s1. The molecule has 0 bridgehead atoms. The van der Waals surface area contributed by atoms with Crippen molar-refractivity contribution in [1.29, 1.82) is 0 Å². The van der Waals surface area contributed by atoms with Gasteiger partial charge in [0, 0.05) is 25.6 Å². The number of nitrogens with zero attached hydrogens (tertiary/aromatic N) is 1. The lowest BCUT2D eigenvalue weighted by Gasteiger charge is -2.40. The molecular weight excluding hydrogens is 268 g/mol. The SMILES string of the molecule is O=[P@]1(F)OC[C@H]2CN(Cc3ccccc3)CC[C@@H]2O1. The van der Waals surface area contributed by atoms with Crippen molar-refractivity contribution in [3.05, 3.63) is 35.9 Å². The highest BCUT2D eigenvalue weighted by molar-refractivity contribution is 7.48. The number of likely N-dealkylation sites (tertiary alicyclic amines) is 1. The van der Waals surface area contributed by atoms with Gasteiger partial charge >= 0.3 is 7.91 Å². The maximum absolute atomic E-state index is 13.2. The molecule has 0 aliphatic carbocycles. The van der Waals surface area contributed by atoms with E-state index in [1.807, 2.05) is 18.2 Å². The Kier molecular flexibility index (Phi) is 3.72. The molecule has 4 nitrogen and oxygen atoms in total. The van der Waals surface area contributed by atoms with E-state index >= 15 is 0 Å². The van der Waals surface area contributed by atoms with Crippen molar-refractivity contribution in [2.24, 2.45) is 5.92 Å². The molecular formula is C13H17FNO3P. The molecule has 2 aliphatic heterocycles. The van der Waals surface area contributed by atoms with Crippen LogP contribution in [0, 0.1) is 5.92 Å². The Hall–Kier alpha value is -0.740. The molecule has 0 amide bonds. The summed E-state index contributed by atoms with van der Waals surface area (Å²) < 4.78 is 33.9. The van der Waals surface area contributed by atoms with Gasteiger partial charge in [-0.15, -0.1) is 4.20 Å². The molecule has 1 aromatic carbocycles. The monoisotopic (exact) mass is 285 g/mol. The number of rotatable bonds is 2. The van der Waals surface area contributed by atoms with Crippen molar-refractivity contribution >= 4 is 7.91 Å². The third kappa shape index (κ3) is 3.23. The first-order valence-corrected chi connectivity index (χ1v) is 7.95. The Labute approximate surface area is 112 Å². The van der Waals surface area contributed by atoms with Crippen molar-refractivity contribution in [3.8, 4) is 0 Å². The van der Waals surface area contributed by atoms with Gasteiger partial charge in [0.25, 0.3) is 0 Å². The summed E-state index contributed by atoms with van der Waals surface area (Å²) in [5.74, 6) is 0.107. The lowest BCUT2D eigenvalue weighted by atomic mass is 9.95. The third-order valence-electron chi connectivity index (χ3n) is 3.70. The van der Waals surface area contributed by atoms with E-state index in [-0.39, 0.29) is 18.6 Å². The molecule has 0 unspecified atom stereocenters. The molecule has 2 saturated heterocycles. The summed E-state index contributed by atoms with van der Waals surface area (Å²) >= 11 is 0. The number of piperidine rings is 1. The van der Waals surface area contributed by atoms with Crippen LogP contribution in [0.3, 0.4) is 0 Å². The fourth-order valence-electron chi connectivity index (χ4n) is 2.75. The van der Waals surface area contributed by atoms with Gasteiger partial charge in [-0.05, 0) is 12.0 Å². The van der Waals surface area contributed by atoms with Crippen LogP contribution in [0.2, 0.25) is 0 Å². The van der Waals surface area contributed by atoms with Crippen LogP contribution in [0.1, 0.15) is 12.0 Å². The fourth-order valence-corrected chi connectivity index (χ4v) is 3.78. The van der Waals surface area contributed by atoms with Crippen LogP contribution in [0.5, 0.6) is 0 Å². The molecule has 2 fully saturated rings. The first-order chi connectivity index (χ1) is 9.12. The minimum Gasteiger partial charge on any atom is -0.299 e. The Morgan fingerprint density at radius 1 is 1.37 bits per heavy atom. The summed E-state index contributed by atoms with van der Waals surface area (Å²) in [6.07, 6.45) is 0.436. The topological polar surface area (TPSA) is 38.8 Å². The van der Waals surface area contributed by atoms with Crippen LogP contribution in [-0.4, -0.2) is 30.7 Å². The number of hydrogen-bond donors (Lipinski definition) is 0. The van der Waals surface area contributed by atoms with Crippen molar-refractivity contribution in [1.82, 2.24) is 4.90 Å². The van der Waals surface area contributed by atoms with Gasteiger partial charge in [-0.1, -0.05) is 30.3 Å². The quantitative estimate of drug-likeness (QED) is 0.783. The molecule has 0 N–H and O–H groups in total. The molecule has 2 aliphatic rings. The molecule has 6 heteroatoms. The Bertz CT molecular complexity index is 484. The first kappa shape index (κ1) is 13.3. The Balaban J connectivity index is 1.60. The van der Waals surface area contributed by atoms with E-state index in [0.717, 1.165) is 19.6 Å². The number of fused-ring (bicyclic) bond motifs is 1. The highest BCUT2D eigenvalue weighted by Gasteiger charge is 2.42. The molecule has 0 spiro atoms. The molecule has 0 aromatic heterocycles. The third-order valence-corrected chi connectivity index (χ3v) is 4.68. The maximum Gasteiger partial charge on any atom is 0.513 e. The van der Waals surface area contributed by atoms with E-state index in [4.69, 9.17) is 4.52 Å². The lowest BCUT2D eigenvalue weighted by Crippen LogP contribution is -2.46. The average Bonchev–Trinajstić information content (AvgIpc) is 2.39. The van der Waals surface area contributed by atoms with Gasteiger partial charge in [0.2, 0.25) is 0 Å². The Morgan fingerprint density at radius 3 is 2.95 bits per heavy atom. The lowest BCUT2D eigenvalue weighted by molar-refractivity contribution is -0.0363. The van der Waals surface area contributed by atoms with E-state index < -0.39 is 7.91 Å². The van der Waals surface area contributed by atoms with Crippen molar-refractivity contribution < 1.29 is 17.8 Å². The molecule has 0 saturated carbocycles. The van der Waals surface area contributed by atoms with E-state index in [0.29, 0.717) is 6.42 Å². The summed E-state index contributed by atoms with van der Waals surface area (Å²) in [6.45, 7) is 2.68. The summed E-state index contributed by atoms with van der Waals surface area (Å²) in [5, 5.41) is 0. The molecule has 2 heterocycles. The summed E-state index contributed by atoms with van der Waals surface area (Å²) in [4.78, 5) is 2.30. The fraction of sp³-hybridized carbons (Fsp3) is 0.538. The van der Waals surface area contributed by atoms with Gasteiger partial charge in [0.15, 0.2) is 0 Å². The molecule has 19 heavy (non-hydrogen) atoms. The van der Waals surface area contributed by atoms with Crippen LogP contribution in [0.15, 0.2) is 30.3 Å².